The molecule has 11 heteroatoms. The van der Waals surface area contributed by atoms with Gasteiger partial charge in [-0.15, -0.1) is 0 Å². The molecule has 3 amide bonds. The maximum Gasteiger partial charge on any atom is 0.272 e. The first-order valence-corrected chi connectivity index (χ1v) is 10.7. The van der Waals surface area contributed by atoms with Crippen LogP contribution in [0, 0.1) is 0 Å². The van der Waals surface area contributed by atoms with Crippen molar-refractivity contribution in [2.45, 2.75) is 25.9 Å². The number of nitrogens with one attached hydrogen (secondary N) is 1. The van der Waals surface area contributed by atoms with Gasteiger partial charge in [0.1, 0.15) is 17.2 Å². The van der Waals surface area contributed by atoms with Gasteiger partial charge in [-0.05, 0) is 55.6 Å². The lowest BCUT2D eigenvalue weighted by Crippen LogP contribution is -2.42. The van der Waals surface area contributed by atoms with Crippen LogP contribution < -0.4 is 26.4 Å². The molecule has 0 bridgehead atoms. The molecular formula is C20H25N5O5S. The summed E-state index contributed by atoms with van der Waals surface area (Å²) >= 11 is 0.764. The van der Waals surface area contributed by atoms with E-state index in [-0.39, 0.29) is 34.8 Å². The van der Waals surface area contributed by atoms with Crippen molar-refractivity contribution in [2.75, 3.05) is 36.9 Å². The molecule has 1 saturated heterocycles. The topological polar surface area (TPSA) is 150 Å². The first-order valence-electron chi connectivity index (χ1n) is 9.88. The SMILES string of the molecule is CCOc1ccc(N(CC(=O)NCC2CCCO2)C(=O)c2snc(C(N)=O)c2N)cc1. The van der Waals surface area contributed by atoms with Crippen LogP contribution in [0.3, 0.4) is 0 Å². The third-order valence-electron chi connectivity index (χ3n) is 4.71. The Bertz CT molecular complexity index is 940. The van der Waals surface area contributed by atoms with Gasteiger partial charge in [0.25, 0.3) is 11.8 Å². The number of hydrogen-bond acceptors (Lipinski definition) is 8. The molecule has 0 radical (unpaired) electrons. The van der Waals surface area contributed by atoms with Gasteiger partial charge < -0.3 is 26.3 Å². The van der Waals surface area contributed by atoms with Crippen LogP contribution in [0.1, 0.15) is 39.9 Å². The van der Waals surface area contributed by atoms with Crippen LogP contribution in [0.15, 0.2) is 24.3 Å². The lowest BCUT2D eigenvalue weighted by molar-refractivity contribution is -0.120. The summed E-state index contributed by atoms with van der Waals surface area (Å²) in [6.45, 7) is 3.18. The molecule has 0 saturated carbocycles. The summed E-state index contributed by atoms with van der Waals surface area (Å²) in [7, 11) is 0. The number of ether oxygens (including phenoxy) is 2. The van der Waals surface area contributed by atoms with Gasteiger partial charge in [-0.1, -0.05) is 0 Å². The summed E-state index contributed by atoms with van der Waals surface area (Å²) in [4.78, 5) is 38.6. The van der Waals surface area contributed by atoms with Crippen LogP contribution in [-0.2, 0) is 9.53 Å². The molecule has 1 aliphatic heterocycles. The Morgan fingerprint density at radius 3 is 2.65 bits per heavy atom. The summed E-state index contributed by atoms with van der Waals surface area (Å²) < 4.78 is 14.8. The van der Waals surface area contributed by atoms with E-state index in [1.54, 1.807) is 24.3 Å². The van der Waals surface area contributed by atoms with Crippen LogP contribution >= 0.6 is 11.5 Å². The highest BCUT2D eigenvalue weighted by atomic mass is 32.1. The second-order valence-corrected chi connectivity index (χ2v) is 7.67. The summed E-state index contributed by atoms with van der Waals surface area (Å²) in [5.74, 6) is -1.10. The fourth-order valence-electron chi connectivity index (χ4n) is 3.15. The number of primary amides is 1. The number of anilines is 2. The molecule has 1 atom stereocenters. The van der Waals surface area contributed by atoms with E-state index in [1.807, 2.05) is 6.92 Å². The number of nitrogens with two attached hydrogens (primary N) is 2. The number of nitrogen functional groups attached to an aromatic ring is 1. The van der Waals surface area contributed by atoms with Gasteiger partial charge in [0.2, 0.25) is 5.91 Å². The fourth-order valence-corrected chi connectivity index (χ4v) is 3.91. The molecule has 2 aromatic rings. The average Bonchev–Trinajstić information content (AvgIpc) is 3.40. The van der Waals surface area contributed by atoms with Crippen molar-refractivity contribution in [3.8, 4) is 5.75 Å². The van der Waals surface area contributed by atoms with Crippen LogP contribution in [0.4, 0.5) is 11.4 Å². The van der Waals surface area contributed by atoms with Crippen molar-refractivity contribution in [3.63, 3.8) is 0 Å². The molecule has 1 unspecified atom stereocenters. The minimum Gasteiger partial charge on any atom is -0.494 e. The van der Waals surface area contributed by atoms with Crippen LogP contribution in [-0.4, -0.2) is 54.5 Å². The third-order valence-corrected chi connectivity index (χ3v) is 5.56. The molecule has 166 valence electrons. The first-order chi connectivity index (χ1) is 14.9. The van der Waals surface area contributed by atoms with Crippen molar-refractivity contribution in [1.82, 2.24) is 9.69 Å². The van der Waals surface area contributed by atoms with Gasteiger partial charge in [0, 0.05) is 18.8 Å². The number of hydrogen-bond donors (Lipinski definition) is 3. The Kier molecular flexibility index (Phi) is 7.42. The van der Waals surface area contributed by atoms with E-state index in [2.05, 4.69) is 9.69 Å². The highest BCUT2D eigenvalue weighted by Crippen LogP contribution is 2.27. The largest absolute Gasteiger partial charge is 0.494 e. The number of carbonyl (C=O) groups is 3. The van der Waals surface area contributed by atoms with E-state index in [0.29, 0.717) is 31.2 Å². The molecule has 1 fully saturated rings. The zero-order chi connectivity index (χ0) is 22.4. The van der Waals surface area contributed by atoms with Crippen LogP contribution in [0.25, 0.3) is 0 Å². The van der Waals surface area contributed by atoms with E-state index in [4.69, 9.17) is 20.9 Å². The van der Waals surface area contributed by atoms with Crippen LogP contribution in [0.5, 0.6) is 5.75 Å². The van der Waals surface area contributed by atoms with E-state index in [9.17, 15) is 14.4 Å². The second-order valence-electron chi connectivity index (χ2n) is 6.90. The molecule has 10 nitrogen and oxygen atoms in total. The average molecular weight is 448 g/mol. The molecule has 1 aromatic heterocycles. The first kappa shape index (κ1) is 22.5. The minimum absolute atomic E-state index is 0.0196. The maximum absolute atomic E-state index is 13.2. The highest BCUT2D eigenvalue weighted by molar-refractivity contribution is 7.09. The lowest BCUT2D eigenvalue weighted by atomic mass is 10.2. The summed E-state index contributed by atoms with van der Waals surface area (Å²) in [5.41, 5.74) is 11.4. The standard InChI is InChI=1S/C20H25N5O5S/c1-2-29-13-7-5-12(6-8-13)25(11-15(26)23-10-14-4-3-9-30-14)20(28)18-16(21)17(19(22)27)24-31-18/h5-8,14H,2-4,9-11,21H2,1H3,(H2,22,27)(H,23,26). The quantitative estimate of drug-likeness (QED) is 0.522. The number of benzene rings is 1. The zero-order valence-electron chi connectivity index (χ0n) is 17.1. The zero-order valence-corrected chi connectivity index (χ0v) is 17.9. The number of rotatable bonds is 9. The summed E-state index contributed by atoms with van der Waals surface area (Å²) in [6.07, 6.45) is 1.83. The Balaban J connectivity index is 1.81. The predicted octanol–water partition coefficient (Wildman–Crippen LogP) is 1.16. The molecule has 0 aliphatic carbocycles. The normalized spacial score (nSPS) is 15.5. The van der Waals surface area contributed by atoms with Gasteiger partial charge >= 0.3 is 0 Å². The Hall–Kier alpha value is -3.18. The third kappa shape index (κ3) is 5.50. The van der Waals surface area contributed by atoms with Crippen molar-refractivity contribution >= 4 is 40.6 Å². The minimum atomic E-state index is -0.824. The monoisotopic (exact) mass is 447 g/mol. The molecule has 2 heterocycles. The van der Waals surface area contributed by atoms with E-state index < -0.39 is 11.8 Å². The molecule has 0 spiro atoms. The number of amides is 3. The van der Waals surface area contributed by atoms with Gasteiger partial charge in [-0.2, -0.15) is 4.37 Å². The summed E-state index contributed by atoms with van der Waals surface area (Å²) in [6, 6.07) is 6.74. The molecule has 1 aromatic carbocycles. The van der Waals surface area contributed by atoms with E-state index >= 15 is 0 Å². The lowest BCUT2D eigenvalue weighted by Gasteiger charge is -2.22. The molecule has 1 aliphatic rings. The molecule has 31 heavy (non-hydrogen) atoms. The molecule has 5 N–H and O–H groups in total. The van der Waals surface area contributed by atoms with Gasteiger partial charge in [0.15, 0.2) is 5.69 Å². The Morgan fingerprint density at radius 1 is 1.32 bits per heavy atom. The van der Waals surface area contributed by atoms with E-state index in [1.165, 1.54) is 4.90 Å². The van der Waals surface area contributed by atoms with Gasteiger partial charge in [-0.3, -0.25) is 19.3 Å². The number of carbonyl (C=O) groups excluding carboxylic acids is 3. The van der Waals surface area contributed by atoms with Crippen molar-refractivity contribution in [2.24, 2.45) is 5.73 Å². The van der Waals surface area contributed by atoms with Crippen molar-refractivity contribution < 1.29 is 23.9 Å². The number of nitrogens with zero attached hydrogens (tertiary/aromatic N) is 2. The maximum atomic E-state index is 13.2. The summed E-state index contributed by atoms with van der Waals surface area (Å²) in [5, 5.41) is 2.80. The predicted molar refractivity (Wildman–Crippen MR) is 116 cm³/mol. The van der Waals surface area contributed by atoms with Gasteiger partial charge in [-0.25, -0.2) is 0 Å². The van der Waals surface area contributed by atoms with Crippen molar-refractivity contribution in [1.29, 1.82) is 0 Å². The fraction of sp³-hybridized carbons (Fsp3) is 0.400. The molecule has 3 rings (SSSR count). The highest BCUT2D eigenvalue weighted by Gasteiger charge is 2.28. The second kappa shape index (κ2) is 10.2. The smallest absolute Gasteiger partial charge is 0.272 e. The Morgan fingerprint density at radius 2 is 2.06 bits per heavy atom. The molecular weight excluding hydrogens is 422 g/mol. The van der Waals surface area contributed by atoms with Gasteiger partial charge in [0.05, 0.1) is 18.4 Å². The van der Waals surface area contributed by atoms with Crippen molar-refractivity contribution in [3.05, 3.63) is 34.8 Å². The Labute approximate surface area is 183 Å². The van der Waals surface area contributed by atoms with E-state index in [0.717, 1.165) is 24.4 Å². The number of aromatic nitrogens is 1. The van der Waals surface area contributed by atoms with Crippen LogP contribution in [0.2, 0.25) is 0 Å².